The first-order valence-electron chi connectivity index (χ1n) is 7.12. The second-order valence-corrected chi connectivity index (χ2v) is 5.48. The van der Waals surface area contributed by atoms with Crippen LogP contribution in [0.3, 0.4) is 0 Å². The van der Waals surface area contributed by atoms with E-state index in [4.69, 9.17) is 0 Å². The molecule has 0 aromatic heterocycles. The Morgan fingerprint density at radius 2 is 1.78 bits per heavy atom. The number of nitrogens with zero attached hydrogens (tertiary/aromatic N) is 1. The molecule has 2 heteroatoms. The highest BCUT2D eigenvalue weighted by Gasteiger charge is 2.02. The summed E-state index contributed by atoms with van der Waals surface area (Å²) in [6.45, 7) is 5.53. The second kappa shape index (κ2) is 8.15. The van der Waals surface area contributed by atoms with E-state index in [1.807, 2.05) is 0 Å². The standard InChI is InChI=1S/C16H28N2/c1-5-6-7-8-14(2)17-16-11-9-15(10-12-16)13-18(3)4/h9-12,14,17H,5-8,13H2,1-4H3. The molecule has 1 rings (SSSR count). The quantitative estimate of drug-likeness (QED) is 0.696. The van der Waals surface area contributed by atoms with Crippen molar-refractivity contribution in [1.82, 2.24) is 4.90 Å². The average Bonchev–Trinajstić information content (AvgIpc) is 2.31. The molecule has 0 spiro atoms. The Balaban J connectivity index is 2.38. The molecule has 0 aliphatic rings. The van der Waals surface area contributed by atoms with E-state index in [0.29, 0.717) is 6.04 Å². The first-order chi connectivity index (χ1) is 8.61. The largest absolute Gasteiger partial charge is 0.383 e. The van der Waals surface area contributed by atoms with Crippen molar-refractivity contribution >= 4 is 5.69 Å². The molecular weight excluding hydrogens is 220 g/mol. The van der Waals surface area contributed by atoms with Crippen LogP contribution < -0.4 is 5.32 Å². The number of nitrogens with one attached hydrogen (secondary N) is 1. The summed E-state index contributed by atoms with van der Waals surface area (Å²) in [5, 5.41) is 3.57. The van der Waals surface area contributed by atoms with E-state index < -0.39 is 0 Å². The fourth-order valence-electron chi connectivity index (χ4n) is 2.13. The van der Waals surface area contributed by atoms with Crippen LogP contribution in [0.15, 0.2) is 24.3 Å². The van der Waals surface area contributed by atoms with Crippen LogP contribution in [-0.4, -0.2) is 25.0 Å². The molecule has 0 fully saturated rings. The smallest absolute Gasteiger partial charge is 0.0342 e. The number of benzene rings is 1. The molecule has 1 aromatic rings. The van der Waals surface area contributed by atoms with Gasteiger partial charge in [-0.2, -0.15) is 0 Å². The van der Waals surface area contributed by atoms with Crippen molar-refractivity contribution in [2.45, 2.75) is 52.1 Å². The molecule has 0 aliphatic carbocycles. The maximum Gasteiger partial charge on any atom is 0.0342 e. The molecule has 1 N–H and O–H groups in total. The zero-order valence-corrected chi connectivity index (χ0v) is 12.4. The topological polar surface area (TPSA) is 15.3 Å². The molecule has 1 unspecified atom stereocenters. The minimum atomic E-state index is 0.566. The van der Waals surface area contributed by atoms with Gasteiger partial charge in [-0.05, 0) is 45.1 Å². The van der Waals surface area contributed by atoms with Gasteiger partial charge in [0, 0.05) is 18.3 Å². The summed E-state index contributed by atoms with van der Waals surface area (Å²) >= 11 is 0. The number of hydrogen-bond acceptors (Lipinski definition) is 2. The summed E-state index contributed by atoms with van der Waals surface area (Å²) in [6, 6.07) is 9.36. The van der Waals surface area contributed by atoms with Gasteiger partial charge < -0.3 is 10.2 Å². The van der Waals surface area contributed by atoms with Gasteiger partial charge in [-0.25, -0.2) is 0 Å². The van der Waals surface area contributed by atoms with Gasteiger partial charge in [-0.3, -0.25) is 0 Å². The Labute approximate surface area is 112 Å². The zero-order valence-electron chi connectivity index (χ0n) is 12.4. The van der Waals surface area contributed by atoms with Crippen LogP contribution in [0.1, 0.15) is 45.1 Å². The Kier molecular flexibility index (Phi) is 6.81. The van der Waals surface area contributed by atoms with Crippen molar-refractivity contribution in [3.05, 3.63) is 29.8 Å². The van der Waals surface area contributed by atoms with Crippen molar-refractivity contribution in [3.63, 3.8) is 0 Å². The van der Waals surface area contributed by atoms with E-state index in [0.717, 1.165) is 6.54 Å². The number of anilines is 1. The first-order valence-corrected chi connectivity index (χ1v) is 7.12. The normalized spacial score (nSPS) is 12.7. The van der Waals surface area contributed by atoms with E-state index in [9.17, 15) is 0 Å². The third-order valence-electron chi connectivity index (χ3n) is 3.11. The second-order valence-electron chi connectivity index (χ2n) is 5.48. The van der Waals surface area contributed by atoms with Crippen molar-refractivity contribution in [2.24, 2.45) is 0 Å². The SMILES string of the molecule is CCCCCC(C)Nc1ccc(CN(C)C)cc1. The summed E-state index contributed by atoms with van der Waals surface area (Å²) in [5.41, 5.74) is 2.60. The molecule has 0 aliphatic heterocycles. The van der Waals surface area contributed by atoms with Crippen LogP contribution in [0, 0.1) is 0 Å². The van der Waals surface area contributed by atoms with Gasteiger partial charge >= 0.3 is 0 Å². The summed E-state index contributed by atoms with van der Waals surface area (Å²) in [7, 11) is 4.20. The predicted molar refractivity (Wildman–Crippen MR) is 81.1 cm³/mol. The molecular formula is C16H28N2. The molecule has 18 heavy (non-hydrogen) atoms. The van der Waals surface area contributed by atoms with E-state index in [1.165, 1.54) is 36.9 Å². The van der Waals surface area contributed by atoms with Gasteiger partial charge in [0.05, 0.1) is 0 Å². The van der Waals surface area contributed by atoms with Crippen LogP contribution >= 0.6 is 0 Å². The molecule has 0 amide bonds. The third kappa shape index (κ3) is 6.06. The van der Waals surface area contributed by atoms with E-state index in [2.05, 4.69) is 62.4 Å². The van der Waals surface area contributed by atoms with Gasteiger partial charge in [0.15, 0.2) is 0 Å². The van der Waals surface area contributed by atoms with Gasteiger partial charge in [0.25, 0.3) is 0 Å². The molecule has 2 nitrogen and oxygen atoms in total. The maximum absolute atomic E-state index is 3.57. The highest BCUT2D eigenvalue weighted by molar-refractivity contribution is 5.45. The lowest BCUT2D eigenvalue weighted by Crippen LogP contribution is -2.15. The molecule has 102 valence electrons. The Bertz CT molecular complexity index is 316. The maximum atomic E-state index is 3.57. The van der Waals surface area contributed by atoms with E-state index in [1.54, 1.807) is 0 Å². The Morgan fingerprint density at radius 1 is 1.11 bits per heavy atom. The van der Waals surface area contributed by atoms with Crippen LogP contribution in [-0.2, 0) is 6.54 Å². The lowest BCUT2D eigenvalue weighted by Gasteiger charge is -2.16. The lowest BCUT2D eigenvalue weighted by atomic mass is 10.1. The van der Waals surface area contributed by atoms with Crippen LogP contribution in [0.5, 0.6) is 0 Å². The summed E-state index contributed by atoms with van der Waals surface area (Å²) in [5.74, 6) is 0. The molecule has 0 radical (unpaired) electrons. The van der Waals surface area contributed by atoms with Crippen LogP contribution in [0.2, 0.25) is 0 Å². The van der Waals surface area contributed by atoms with E-state index >= 15 is 0 Å². The van der Waals surface area contributed by atoms with Crippen molar-refractivity contribution in [1.29, 1.82) is 0 Å². The monoisotopic (exact) mass is 248 g/mol. The van der Waals surface area contributed by atoms with E-state index in [-0.39, 0.29) is 0 Å². The van der Waals surface area contributed by atoms with Crippen molar-refractivity contribution in [2.75, 3.05) is 19.4 Å². The van der Waals surface area contributed by atoms with Gasteiger partial charge in [0.2, 0.25) is 0 Å². The minimum Gasteiger partial charge on any atom is -0.383 e. The van der Waals surface area contributed by atoms with Gasteiger partial charge in [-0.15, -0.1) is 0 Å². The minimum absolute atomic E-state index is 0.566. The summed E-state index contributed by atoms with van der Waals surface area (Å²) in [6.07, 6.45) is 5.22. The fraction of sp³-hybridized carbons (Fsp3) is 0.625. The number of rotatable bonds is 8. The summed E-state index contributed by atoms with van der Waals surface area (Å²) < 4.78 is 0. The Morgan fingerprint density at radius 3 is 2.33 bits per heavy atom. The number of hydrogen-bond donors (Lipinski definition) is 1. The third-order valence-corrected chi connectivity index (χ3v) is 3.11. The molecule has 1 aromatic carbocycles. The highest BCUT2D eigenvalue weighted by Crippen LogP contribution is 2.14. The molecule has 1 atom stereocenters. The van der Waals surface area contributed by atoms with Crippen molar-refractivity contribution < 1.29 is 0 Å². The van der Waals surface area contributed by atoms with Gasteiger partial charge in [0.1, 0.15) is 0 Å². The highest BCUT2D eigenvalue weighted by atomic mass is 15.0. The number of unbranched alkanes of at least 4 members (excludes halogenated alkanes) is 2. The first kappa shape index (κ1) is 15.0. The van der Waals surface area contributed by atoms with Crippen molar-refractivity contribution in [3.8, 4) is 0 Å². The predicted octanol–water partition coefficient (Wildman–Crippen LogP) is 4.13. The van der Waals surface area contributed by atoms with Crippen LogP contribution in [0.4, 0.5) is 5.69 Å². The molecule has 0 heterocycles. The Hall–Kier alpha value is -1.02. The average molecular weight is 248 g/mol. The molecule has 0 saturated heterocycles. The lowest BCUT2D eigenvalue weighted by molar-refractivity contribution is 0.402. The molecule has 0 bridgehead atoms. The zero-order chi connectivity index (χ0) is 13.4. The fourth-order valence-corrected chi connectivity index (χ4v) is 2.13. The summed E-state index contributed by atoms with van der Waals surface area (Å²) in [4.78, 5) is 2.19. The molecule has 0 saturated carbocycles. The van der Waals surface area contributed by atoms with Gasteiger partial charge in [-0.1, -0.05) is 38.3 Å². The van der Waals surface area contributed by atoms with Crippen LogP contribution in [0.25, 0.3) is 0 Å².